The van der Waals surface area contributed by atoms with E-state index in [4.69, 9.17) is 21.7 Å². The van der Waals surface area contributed by atoms with Gasteiger partial charge in [-0.3, -0.25) is 24.0 Å². The zero-order valence-corrected chi connectivity index (χ0v) is 22.4. The minimum absolute atomic E-state index is 0.0885. The Bertz CT molecular complexity index is 829. The number of nitrogens with two attached hydrogens (primary N) is 2. The van der Waals surface area contributed by atoms with Crippen LogP contribution in [0.3, 0.4) is 0 Å². The van der Waals surface area contributed by atoms with Crippen LogP contribution in [0.1, 0.15) is 46.0 Å². The van der Waals surface area contributed by atoms with Gasteiger partial charge in [-0.05, 0) is 38.1 Å². The van der Waals surface area contributed by atoms with Crippen LogP contribution in [-0.2, 0) is 28.8 Å². The minimum atomic E-state index is -1.57. The number of rotatable bonds is 19. The molecule has 15 nitrogen and oxygen atoms in total. The summed E-state index contributed by atoms with van der Waals surface area (Å²) in [4.78, 5) is 72.8. The first kappa shape index (κ1) is 35.0. The molecule has 0 aromatic carbocycles. The molecule has 38 heavy (non-hydrogen) atoms. The van der Waals surface area contributed by atoms with E-state index in [9.17, 15) is 33.9 Å². The summed E-state index contributed by atoms with van der Waals surface area (Å²) in [6.45, 7) is 3.05. The lowest BCUT2D eigenvalue weighted by molar-refractivity contribution is -0.143. The molecule has 0 fully saturated rings. The van der Waals surface area contributed by atoms with E-state index < -0.39 is 78.8 Å². The molecule has 4 amide bonds. The highest BCUT2D eigenvalue weighted by molar-refractivity contribution is 7.80. The largest absolute Gasteiger partial charge is 0.481 e. The zero-order chi connectivity index (χ0) is 29.4. The van der Waals surface area contributed by atoms with Gasteiger partial charge in [-0.2, -0.15) is 12.6 Å². The van der Waals surface area contributed by atoms with Crippen molar-refractivity contribution >= 4 is 48.2 Å². The fourth-order valence-electron chi connectivity index (χ4n) is 3.22. The van der Waals surface area contributed by atoms with E-state index in [0.29, 0.717) is 19.4 Å². The predicted molar refractivity (Wildman–Crippen MR) is 139 cm³/mol. The summed E-state index contributed by atoms with van der Waals surface area (Å²) in [7, 11) is 0. The lowest BCUT2D eigenvalue weighted by Crippen LogP contribution is -2.59. The molecule has 0 saturated heterocycles. The lowest BCUT2D eigenvalue weighted by atomic mass is 10.0. The topological polar surface area (TPSA) is 263 Å². The van der Waals surface area contributed by atoms with Crippen molar-refractivity contribution < 1.29 is 44.1 Å². The third-order valence-electron chi connectivity index (χ3n) is 5.26. The van der Waals surface area contributed by atoms with Crippen LogP contribution in [0.2, 0.25) is 0 Å². The number of hydrogen-bond donors (Lipinski definition) is 10. The molecule has 0 bridgehead atoms. The molecule has 0 spiro atoms. The molecule has 0 aliphatic rings. The number of carbonyl (C=O) groups excluding carboxylic acids is 4. The normalized spacial score (nSPS) is 14.9. The third kappa shape index (κ3) is 13.6. The molecular formula is C22H40N6O9S. The SMILES string of the molecule is CC(C)C[C@H](NC(=O)[C@H](CS)NC(=O)[C@@H](N)CC(=O)O)C(=O)N[C@@H](CCCCN)C(=O)N[C@@H](CO)C(=O)O. The summed E-state index contributed by atoms with van der Waals surface area (Å²) in [6, 6.07) is -6.54. The maximum Gasteiger partial charge on any atom is 0.328 e. The van der Waals surface area contributed by atoms with E-state index in [0.717, 1.165) is 0 Å². The van der Waals surface area contributed by atoms with Gasteiger partial charge in [-0.1, -0.05) is 13.8 Å². The van der Waals surface area contributed by atoms with Gasteiger partial charge in [0.2, 0.25) is 23.6 Å². The number of hydrogen-bond acceptors (Lipinski definition) is 10. The quantitative estimate of drug-likeness (QED) is 0.0555. The van der Waals surface area contributed by atoms with Crippen LogP contribution in [0.15, 0.2) is 0 Å². The van der Waals surface area contributed by atoms with Gasteiger partial charge in [-0.25, -0.2) is 4.79 Å². The van der Waals surface area contributed by atoms with Crippen LogP contribution < -0.4 is 32.7 Å². The Morgan fingerprint density at radius 3 is 1.76 bits per heavy atom. The van der Waals surface area contributed by atoms with Crippen molar-refractivity contribution in [2.75, 3.05) is 18.9 Å². The van der Waals surface area contributed by atoms with Gasteiger partial charge in [-0.15, -0.1) is 0 Å². The number of carboxylic acids is 2. The lowest BCUT2D eigenvalue weighted by Gasteiger charge is -2.26. The van der Waals surface area contributed by atoms with Gasteiger partial charge in [0.25, 0.3) is 0 Å². The molecule has 0 unspecified atom stereocenters. The van der Waals surface area contributed by atoms with E-state index in [1.165, 1.54) is 0 Å². The Balaban J connectivity index is 5.60. The second kappa shape index (κ2) is 18.3. The molecule has 218 valence electrons. The summed E-state index contributed by atoms with van der Waals surface area (Å²) < 4.78 is 0. The van der Waals surface area contributed by atoms with E-state index in [1.807, 2.05) is 0 Å². The second-order valence-corrected chi connectivity index (χ2v) is 9.43. The maximum absolute atomic E-state index is 13.1. The zero-order valence-electron chi connectivity index (χ0n) is 21.5. The number of aliphatic carboxylic acids is 2. The average molecular weight is 565 g/mol. The summed E-state index contributed by atoms with van der Waals surface area (Å²) in [5, 5.41) is 36.6. The number of aliphatic hydroxyl groups is 1. The molecule has 0 radical (unpaired) electrons. The molecule has 0 aromatic rings. The summed E-state index contributed by atoms with van der Waals surface area (Å²) >= 11 is 4.03. The number of amides is 4. The first-order valence-corrected chi connectivity index (χ1v) is 12.7. The Kier molecular flexibility index (Phi) is 16.9. The van der Waals surface area contributed by atoms with Crippen molar-refractivity contribution in [1.82, 2.24) is 21.3 Å². The molecule has 16 heteroatoms. The van der Waals surface area contributed by atoms with Crippen LogP contribution in [-0.4, -0.2) is 100 Å². The molecule has 0 aliphatic heterocycles. The first-order valence-electron chi connectivity index (χ1n) is 12.1. The molecular weight excluding hydrogens is 524 g/mol. The number of aliphatic hydroxyl groups excluding tert-OH is 1. The van der Waals surface area contributed by atoms with E-state index >= 15 is 0 Å². The number of nitrogens with one attached hydrogen (secondary N) is 4. The smallest absolute Gasteiger partial charge is 0.328 e. The number of carbonyl (C=O) groups is 6. The number of thiol groups is 1. The summed E-state index contributed by atoms with van der Waals surface area (Å²) in [5.41, 5.74) is 11.0. The van der Waals surface area contributed by atoms with Gasteiger partial charge < -0.3 is 48.1 Å². The number of carboxylic acid groups (broad SMARTS) is 2. The monoisotopic (exact) mass is 564 g/mol. The van der Waals surface area contributed by atoms with Crippen LogP contribution in [0, 0.1) is 5.92 Å². The van der Waals surface area contributed by atoms with Crippen molar-refractivity contribution in [3.8, 4) is 0 Å². The highest BCUT2D eigenvalue weighted by Crippen LogP contribution is 2.09. The van der Waals surface area contributed by atoms with Gasteiger partial charge in [0.1, 0.15) is 24.2 Å². The van der Waals surface area contributed by atoms with E-state index in [2.05, 4.69) is 33.9 Å². The second-order valence-electron chi connectivity index (χ2n) is 9.07. The maximum atomic E-state index is 13.1. The van der Waals surface area contributed by atoms with Gasteiger partial charge in [0, 0.05) is 5.75 Å². The van der Waals surface area contributed by atoms with Crippen molar-refractivity contribution in [3.05, 3.63) is 0 Å². The van der Waals surface area contributed by atoms with Crippen LogP contribution in [0.4, 0.5) is 0 Å². The Morgan fingerprint density at radius 1 is 0.789 bits per heavy atom. The fourth-order valence-corrected chi connectivity index (χ4v) is 3.48. The van der Waals surface area contributed by atoms with Crippen LogP contribution in [0.5, 0.6) is 0 Å². The highest BCUT2D eigenvalue weighted by atomic mass is 32.1. The molecule has 11 N–H and O–H groups in total. The molecule has 0 aliphatic carbocycles. The third-order valence-corrected chi connectivity index (χ3v) is 5.63. The molecule has 0 rings (SSSR count). The number of unbranched alkanes of at least 4 members (excludes halogenated alkanes) is 1. The Labute approximate surface area is 226 Å². The van der Waals surface area contributed by atoms with Crippen molar-refractivity contribution in [1.29, 1.82) is 0 Å². The van der Waals surface area contributed by atoms with Gasteiger partial charge in [0.15, 0.2) is 0 Å². The van der Waals surface area contributed by atoms with Gasteiger partial charge >= 0.3 is 11.9 Å². The molecule has 0 heterocycles. The average Bonchev–Trinajstić information content (AvgIpc) is 2.83. The van der Waals surface area contributed by atoms with Crippen LogP contribution in [0.25, 0.3) is 0 Å². The predicted octanol–water partition coefficient (Wildman–Crippen LogP) is -3.09. The summed E-state index contributed by atoms with van der Waals surface area (Å²) in [5.74, 6) is -6.27. The summed E-state index contributed by atoms with van der Waals surface area (Å²) in [6.07, 6.45) is 0.567. The van der Waals surface area contributed by atoms with Crippen LogP contribution >= 0.6 is 12.6 Å². The van der Waals surface area contributed by atoms with E-state index in [1.54, 1.807) is 13.8 Å². The van der Waals surface area contributed by atoms with E-state index in [-0.39, 0.29) is 24.5 Å². The standard InChI is InChI=1S/C22H40N6O9S/c1-11(2)7-14(26-21(35)16(10-38)28-18(32)12(24)8-17(30)31)20(34)25-13(5-3-4-6-23)19(33)27-15(9-29)22(36)37/h11-16,29,38H,3-10,23-24H2,1-2H3,(H,25,34)(H,26,35)(H,27,33)(H,28,32)(H,30,31)(H,36,37)/t12-,13-,14-,15-,16-/m0/s1. The molecule has 0 saturated carbocycles. The fraction of sp³-hybridized carbons (Fsp3) is 0.727. The minimum Gasteiger partial charge on any atom is -0.481 e. The van der Waals surface area contributed by atoms with Gasteiger partial charge in [0.05, 0.1) is 19.1 Å². The van der Waals surface area contributed by atoms with Crippen molar-refractivity contribution in [2.45, 2.75) is 76.2 Å². The Morgan fingerprint density at radius 2 is 1.29 bits per heavy atom. The van der Waals surface area contributed by atoms with Crippen molar-refractivity contribution in [2.24, 2.45) is 17.4 Å². The first-order chi connectivity index (χ1) is 17.8. The molecule has 0 aromatic heterocycles. The highest BCUT2D eigenvalue weighted by Gasteiger charge is 2.31. The van der Waals surface area contributed by atoms with Crippen molar-refractivity contribution in [3.63, 3.8) is 0 Å². The Hall–Kier alpha value is -2.95. The molecule has 5 atom stereocenters.